The van der Waals surface area contributed by atoms with E-state index in [2.05, 4.69) is 15.5 Å². The lowest BCUT2D eigenvalue weighted by Gasteiger charge is -2.01. The maximum absolute atomic E-state index is 5.34. The molecule has 5 heteroatoms. The fraction of sp³-hybridized carbons (Fsp3) is 0.429. The van der Waals surface area contributed by atoms with Crippen LogP contribution in [0.25, 0.3) is 0 Å². The summed E-state index contributed by atoms with van der Waals surface area (Å²) in [4.78, 5) is 4.48. The number of hydrogen-bond acceptors (Lipinski definition) is 5. The van der Waals surface area contributed by atoms with Crippen molar-refractivity contribution in [3.05, 3.63) is 41.5 Å². The summed E-state index contributed by atoms with van der Waals surface area (Å²) in [7, 11) is 1.67. The minimum Gasteiger partial charge on any atom is -0.497 e. The normalized spacial score (nSPS) is 18.7. The Morgan fingerprint density at radius 2 is 2.42 bits per heavy atom. The van der Waals surface area contributed by atoms with Gasteiger partial charge in [0.1, 0.15) is 5.75 Å². The minimum absolute atomic E-state index is 0.367. The molecule has 1 aromatic carbocycles. The van der Waals surface area contributed by atoms with E-state index in [0.29, 0.717) is 12.3 Å². The van der Waals surface area contributed by atoms with Crippen LogP contribution in [0.4, 0.5) is 0 Å². The average molecular weight is 259 g/mol. The van der Waals surface area contributed by atoms with Gasteiger partial charge in [0.2, 0.25) is 5.89 Å². The number of benzene rings is 1. The molecule has 1 atom stereocenters. The molecule has 1 fully saturated rings. The maximum atomic E-state index is 5.34. The topological polar surface area (TPSA) is 60.2 Å². The molecule has 2 heterocycles. The third-order valence-corrected chi connectivity index (χ3v) is 3.39. The third-order valence-electron chi connectivity index (χ3n) is 3.39. The first kappa shape index (κ1) is 12.2. The minimum atomic E-state index is 0.367. The standard InChI is InChI=1S/C14H17N3O2/c1-18-12-4-2-3-10(7-12)8-13-16-14(19-17-13)11-5-6-15-9-11/h2-4,7,11,15H,5-6,8-9H2,1H3. The number of hydrogen-bond donors (Lipinski definition) is 1. The van der Waals surface area contributed by atoms with Crippen LogP contribution in [0, 0.1) is 0 Å². The number of ether oxygens (including phenoxy) is 1. The van der Waals surface area contributed by atoms with Crippen molar-refractivity contribution < 1.29 is 9.26 Å². The molecule has 0 radical (unpaired) electrons. The lowest BCUT2D eigenvalue weighted by Crippen LogP contribution is -2.08. The molecule has 19 heavy (non-hydrogen) atoms. The van der Waals surface area contributed by atoms with Crippen molar-refractivity contribution in [1.82, 2.24) is 15.5 Å². The van der Waals surface area contributed by atoms with Crippen molar-refractivity contribution in [3.8, 4) is 5.75 Å². The van der Waals surface area contributed by atoms with E-state index >= 15 is 0 Å². The van der Waals surface area contributed by atoms with Crippen molar-refractivity contribution in [2.45, 2.75) is 18.8 Å². The second-order valence-corrected chi connectivity index (χ2v) is 4.77. The molecule has 1 aromatic heterocycles. The molecule has 0 saturated carbocycles. The SMILES string of the molecule is COc1cccc(Cc2noc(C3CCNC3)n2)c1. The van der Waals surface area contributed by atoms with Crippen LogP contribution >= 0.6 is 0 Å². The number of nitrogens with one attached hydrogen (secondary N) is 1. The van der Waals surface area contributed by atoms with Crippen LogP contribution in [0.3, 0.4) is 0 Å². The zero-order valence-electron chi connectivity index (χ0n) is 10.9. The van der Waals surface area contributed by atoms with E-state index in [-0.39, 0.29) is 0 Å². The van der Waals surface area contributed by atoms with Crippen LogP contribution < -0.4 is 10.1 Å². The summed E-state index contributed by atoms with van der Waals surface area (Å²) >= 11 is 0. The summed E-state index contributed by atoms with van der Waals surface area (Å²) in [5.74, 6) is 2.70. The van der Waals surface area contributed by atoms with Crippen LogP contribution in [0.1, 0.15) is 29.6 Å². The Labute approximate surface area is 112 Å². The van der Waals surface area contributed by atoms with Gasteiger partial charge >= 0.3 is 0 Å². The summed E-state index contributed by atoms with van der Waals surface area (Å²) in [6, 6.07) is 7.92. The molecule has 100 valence electrons. The first-order valence-electron chi connectivity index (χ1n) is 6.51. The van der Waals surface area contributed by atoms with E-state index in [0.717, 1.165) is 42.5 Å². The Bertz CT molecular complexity index is 547. The second kappa shape index (κ2) is 5.40. The van der Waals surface area contributed by atoms with Gasteiger partial charge in [-0.15, -0.1) is 0 Å². The fourth-order valence-electron chi connectivity index (χ4n) is 2.34. The van der Waals surface area contributed by atoms with Crippen molar-refractivity contribution >= 4 is 0 Å². The average Bonchev–Trinajstić information content (AvgIpc) is 3.09. The van der Waals surface area contributed by atoms with Gasteiger partial charge in [-0.25, -0.2) is 0 Å². The smallest absolute Gasteiger partial charge is 0.231 e. The van der Waals surface area contributed by atoms with Crippen LogP contribution in [-0.4, -0.2) is 30.3 Å². The highest BCUT2D eigenvalue weighted by atomic mass is 16.5. The molecule has 3 rings (SSSR count). The zero-order chi connectivity index (χ0) is 13.1. The second-order valence-electron chi connectivity index (χ2n) is 4.77. The highest BCUT2D eigenvalue weighted by Crippen LogP contribution is 2.21. The third kappa shape index (κ3) is 2.76. The monoisotopic (exact) mass is 259 g/mol. The summed E-state index contributed by atoms with van der Waals surface area (Å²) < 4.78 is 10.6. The number of aromatic nitrogens is 2. The molecular formula is C14H17N3O2. The molecule has 1 saturated heterocycles. The summed E-state index contributed by atoms with van der Waals surface area (Å²) in [6.07, 6.45) is 1.74. The predicted molar refractivity (Wildman–Crippen MR) is 70.3 cm³/mol. The van der Waals surface area contributed by atoms with Crippen LogP contribution in [-0.2, 0) is 6.42 Å². The highest BCUT2D eigenvalue weighted by Gasteiger charge is 2.22. The van der Waals surface area contributed by atoms with Gasteiger partial charge < -0.3 is 14.6 Å². The van der Waals surface area contributed by atoms with Gasteiger partial charge in [-0.1, -0.05) is 17.3 Å². The summed E-state index contributed by atoms with van der Waals surface area (Å²) in [5.41, 5.74) is 1.12. The molecule has 0 amide bonds. The van der Waals surface area contributed by atoms with E-state index in [4.69, 9.17) is 9.26 Å². The molecular weight excluding hydrogens is 242 g/mol. The van der Waals surface area contributed by atoms with E-state index < -0.39 is 0 Å². The zero-order valence-corrected chi connectivity index (χ0v) is 10.9. The van der Waals surface area contributed by atoms with Crippen molar-refractivity contribution in [2.75, 3.05) is 20.2 Å². The largest absolute Gasteiger partial charge is 0.497 e. The first-order chi connectivity index (χ1) is 9.35. The number of nitrogens with zero attached hydrogens (tertiary/aromatic N) is 2. The summed E-state index contributed by atoms with van der Waals surface area (Å²) in [5, 5.41) is 7.36. The molecule has 1 N–H and O–H groups in total. The van der Waals surface area contributed by atoms with Gasteiger partial charge in [-0.05, 0) is 30.7 Å². The Morgan fingerprint density at radius 3 is 3.21 bits per heavy atom. The van der Waals surface area contributed by atoms with Gasteiger partial charge in [0.25, 0.3) is 0 Å². The lowest BCUT2D eigenvalue weighted by molar-refractivity contribution is 0.355. The Balaban J connectivity index is 1.72. The van der Waals surface area contributed by atoms with E-state index in [1.165, 1.54) is 0 Å². The number of rotatable bonds is 4. The molecule has 1 aliphatic heterocycles. The predicted octanol–water partition coefficient (Wildman–Crippen LogP) is 1.75. The van der Waals surface area contributed by atoms with Crippen LogP contribution in [0.5, 0.6) is 5.75 Å². The molecule has 0 spiro atoms. The van der Waals surface area contributed by atoms with Gasteiger partial charge in [-0.3, -0.25) is 0 Å². The lowest BCUT2D eigenvalue weighted by atomic mass is 10.1. The quantitative estimate of drug-likeness (QED) is 0.906. The number of methoxy groups -OCH3 is 1. The van der Waals surface area contributed by atoms with Crippen molar-refractivity contribution in [3.63, 3.8) is 0 Å². The van der Waals surface area contributed by atoms with Crippen molar-refractivity contribution in [1.29, 1.82) is 0 Å². The molecule has 0 bridgehead atoms. The van der Waals surface area contributed by atoms with Crippen LogP contribution in [0.15, 0.2) is 28.8 Å². The van der Waals surface area contributed by atoms with E-state index in [1.54, 1.807) is 7.11 Å². The van der Waals surface area contributed by atoms with Gasteiger partial charge in [-0.2, -0.15) is 4.98 Å². The van der Waals surface area contributed by atoms with Gasteiger partial charge in [0.05, 0.1) is 13.0 Å². The first-order valence-corrected chi connectivity index (χ1v) is 6.51. The van der Waals surface area contributed by atoms with Crippen LogP contribution in [0.2, 0.25) is 0 Å². The Hall–Kier alpha value is -1.88. The van der Waals surface area contributed by atoms with Gasteiger partial charge in [0, 0.05) is 13.0 Å². The summed E-state index contributed by atoms with van der Waals surface area (Å²) in [6.45, 7) is 1.96. The Kier molecular flexibility index (Phi) is 3.46. The maximum Gasteiger partial charge on any atom is 0.231 e. The van der Waals surface area contributed by atoms with Gasteiger partial charge in [0.15, 0.2) is 5.82 Å². The van der Waals surface area contributed by atoms with E-state index in [1.807, 2.05) is 24.3 Å². The molecule has 2 aromatic rings. The Morgan fingerprint density at radius 1 is 1.47 bits per heavy atom. The molecule has 5 nitrogen and oxygen atoms in total. The molecule has 1 aliphatic rings. The fourth-order valence-corrected chi connectivity index (χ4v) is 2.34. The highest BCUT2D eigenvalue weighted by molar-refractivity contribution is 5.30. The van der Waals surface area contributed by atoms with Crippen molar-refractivity contribution in [2.24, 2.45) is 0 Å². The molecule has 0 aliphatic carbocycles. The van der Waals surface area contributed by atoms with E-state index in [9.17, 15) is 0 Å². The molecule has 1 unspecified atom stereocenters.